The molecule has 3 aliphatic carbocycles. The van der Waals surface area contributed by atoms with Crippen LogP contribution in [0.4, 0.5) is 10.1 Å². The number of ketones is 2. The highest BCUT2D eigenvalue weighted by atomic mass is 19.1. The second kappa shape index (κ2) is 13.8. The lowest BCUT2D eigenvalue weighted by atomic mass is 9.55. The number of hydrogen-bond donors (Lipinski definition) is 7. The summed E-state index contributed by atoms with van der Waals surface area (Å²) in [5.74, 6) is -9.52. The van der Waals surface area contributed by atoms with Crippen molar-refractivity contribution in [2.75, 3.05) is 71.0 Å². The maximum absolute atomic E-state index is 15.0. The number of carboxylic acids is 1. The lowest BCUT2D eigenvalue weighted by molar-refractivity contribution is -0.151. The molecule has 0 bridgehead atoms. The molecule has 3 aromatic rings. The van der Waals surface area contributed by atoms with Crippen LogP contribution in [0.2, 0.25) is 0 Å². The van der Waals surface area contributed by atoms with E-state index >= 15 is 0 Å². The van der Waals surface area contributed by atoms with E-state index in [9.17, 15) is 59.0 Å². The van der Waals surface area contributed by atoms with Crippen molar-refractivity contribution >= 4 is 40.0 Å². The van der Waals surface area contributed by atoms with Crippen LogP contribution in [-0.2, 0) is 15.2 Å². The summed E-state index contributed by atoms with van der Waals surface area (Å²) in [6.45, 7) is 4.39. The number of phenolic OH excluding ortho intramolecular Hbond substituents is 1. The van der Waals surface area contributed by atoms with E-state index in [0.717, 1.165) is 19.2 Å². The average Bonchev–Trinajstić information content (AvgIpc) is 3.14. The number of aliphatic hydroxyl groups excluding tert-OH is 2. The van der Waals surface area contributed by atoms with E-state index in [4.69, 9.17) is 10.5 Å². The smallest absolute Gasteiger partial charge is 0.341 e. The summed E-state index contributed by atoms with van der Waals surface area (Å²) < 4.78 is 22.3. The number of nitrogens with zero attached hydrogens (tertiary/aromatic N) is 5. The number of nitrogens with two attached hydrogens (primary N) is 1. The van der Waals surface area contributed by atoms with Crippen LogP contribution in [0.25, 0.3) is 10.9 Å². The number of pyridine rings is 1. The van der Waals surface area contributed by atoms with Crippen molar-refractivity contribution < 1.29 is 58.9 Å². The molecule has 5 atom stereocenters. The van der Waals surface area contributed by atoms with Gasteiger partial charge in [0.25, 0.3) is 5.91 Å². The zero-order valence-corrected chi connectivity index (χ0v) is 32.2. The van der Waals surface area contributed by atoms with Gasteiger partial charge in [-0.3, -0.25) is 33.8 Å². The molecular weight excluding hydrogens is 763 g/mol. The highest BCUT2D eigenvalue weighted by Crippen LogP contribution is 2.56. The fourth-order valence-corrected chi connectivity index (χ4v) is 9.01. The van der Waals surface area contributed by atoms with E-state index in [-0.39, 0.29) is 35.4 Å². The third-order valence-corrected chi connectivity index (χ3v) is 12.0. The highest BCUT2D eigenvalue weighted by molar-refractivity contribution is 6.25. The number of rotatable bonds is 4. The molecule has 0 unspecified atom stereocenters. The Morgan fingerprint density at radius 3 is 2.29 bits per heavy atom. The largest absolute Gasteiger partial charge is 0.510 e. The minimum atomic E-state index is -2.75. The molecule has 1 amide bonds. The van der Waals surface area contributed by atoms with Gasteiger partial charge in [0.2, 0.25) is 11.2 Å². The number of ether oxygens (including phenoxy) is 1. The molecule has 0 spiro atoms. The van der Waals surface area contributed by atoms with Gasteiger partial charge in [0.15, 0.2) is 29.7 Å². The van der Waals surface area contributed by atoms with Gasteiger partial charge in [-0.05, 0) is 52.2 Å². The fraction of sp³-hybridized carbons (Fsp3) is 0.410. The number of aromatic nitrogens is 1. The first kappa shape index (κ1) is 40.2. The number of likely N-dealkylation sites (N-methyl/N-ethyl adjacent to an activating group) is 2. The Morgan fingerprint density at radius 1 is 1.03 bits per heavy atom. The molecule has 8 N–H and O–H groups in total. The summed E-state index contributed by atoms with van der Waals surface area (Å²) in [6.07, 6.45) is 1.07. The van der Waals surface area contributed by atoms with Gasteiger partial charge < -0.3 is 50.9 Å². The monoisotopic (exact) mass is 806 g/mol. The first-order chi connectivity index (χ1) is 27.2. The fourth-order valence-electron chi connectivity index (χ4n) is 9.01. The standard InChI is InChI=1S/C22H24N2O8.C17H19FN4O4/c1-21(31)8-5-4-6-11(25)12(8)16(26)13-9(21)7-10-15(24(2)3)17(27)14(20(23)30)19(29)22(10,32)18(13)28;1-19-3-5-21(6-4-19)14-12(18)7-10-13-16(14)26-9-20(2)22(13)8-11(15(10)23)17(24)25/h4-6,9-10,15,25,27-28,31-32H,7H2,1-3H3,(H2,23,30);7-8H,3-6,9H2,1-2H3,(H,24,25)/t9-,10-,15-,21+,22-;/m0./s1. The summed E-state index contributed by atoms with van der Waals surface area (Å²) in [5, 5.41) is 66.0. The van der Waals surface area contributed by atoms with E-state index in [1.165, 1.54) is 50.3 Å². The molecule has 3 heterocycles. The Balaban J connectivity index is 0.000000180. The number of anilines is 1. The summed E-state index contributed by atoms with van der Waals surface area (Å²) in [7, 11) is 6.78. The van der Waals surface area contributed by atoms with Crippen molar-refractivity contribution in [2.24, 2.45) is 17.6 Å². The second-order valence-corrected chi connectivity index (χ2v) is 15.6. The summed E-state index contributed by atoms with van der Waals surface area (Å²) in [6, 6.07) is 4.18. The van der Waals surface area contributed by atoms with Crippen LogP contribution in [0.5, 0.6) is 11.5 Å². The summed E-state index contributed by atoms with van der Waals surface area (Å²) in [5.41, 5.74) is -1.05. The number of carbonyl (C=O) groups is 4. The molecule has 2 aliphatic heterocycles. The predicted octanol–water partition coefficient (Wildman–Crippen LogP) is 0.294. The van der Waals surface area contributed by atoms with Gasteiger partial charge in [-0.25, -0.2) is 9.18 Å². The SMILES string of the molecule is CN(C)[C@@H]1C(O)=C(C(N)=O)C(=O)[C@@]2(O)C(O)=C3C(=O)c4c(O)cccc4[C@@](C)(O)[C@H]3C[C@@H]12.CN1CCN(c2c(F)cc3c(=O)c(C(=O)O)cn4c3c2OCN4C)CC1. The number of fused-ring (bicyclic) bond motifs is 3. The van der Waals surface area contributed by atoms with Gasteiger partial charge in [0, 0.05) is 56.8 Å². The number of carbonyl (C=O) groups excluding carboxylic acids is 3. The highest BCUT2D eigenvalue weighted by Gasteiger charge is 2.65. The van der Waals surface area contributed by atoms with Crippen LogP contribution >= 0.6 is 0 Å². The molecule has 8 rings (SSSR count). The first-order valence-electron chi connectivity index (χ1n) is 18.3. The number of primary amides is 1. The third kappa shape index (κ3) is 5.70. The van der Waals surface area contributed by atoms with E-state index in [2.05, 4.69) is 4.90 Å². The van der Waals surface area contributed by atoms with Gasteiger partial charge >= 0.3 is 5.97 Å². The molecule has 1 aromatic heterocycles. The average molecular weight is 807 g/mol. The number of phenols is 1. The van der Waals surface area contributed by atoms with Crippen LogP contribution in [0.15, 0.2) is 57.9 Å². The molecular formula is C39H43FN6O12. The van der Waals surface area contributed by atoms with Gasteiger partial charge in [-0.1, -0.05) is 12.1 Å². The van der Waals surface area contributed by atoms with Crippen molar-refractivity contribution in [3.05, 3.63) is 85.9 Å². The number of benzene rings is 2. The van der Waals surface area contributed by atoms with Crippen molar-refractivity contribution in [1.82, 2.24) is 14.5 Å². The summed E-state index contributed by atoms with van der Waals surface area (Å²) >= 11 is 0. The molecule has 1 saturated heterocycles. The van der Waals surface area contributed by atoms with Gasteiger partial charge in [-0.2, -0.15) is 0 Å². The normalized spacial score (nSPS) is 26.8. The number of piperazine rings is 1. The molecule has 58 heavy (non-hydrogen) atoms. The van der Waals surface area contributed by atoms with Crippen LogP contribution in [-0.4, -0.2) is 141 Å². The molecule has 1 fully saturated rings. The minimum absolute atomic E-state index is 0.00169. The Kier molecular flexibility index (Phi) is 9.58. The van der Waals surface area contributed by atoms with Gasteiger partial charge in [0.05, 0.1) is 22.6 Å². The van der Waals surface area contributed by atoms with Crippen LogP contribution in [0.3, 0.4) is 0 Å². The molecule has 308 valence electrons. The molecule has 18 nitrogen and oxygen atoms in total. The van der Waals surface area contributed by atoms with E-state index < -0.39 is 97.7 Å². The molecule has 0 saturated carbocycles. The maximum atomic E-state index is 15.0. The number of aromatic hydroxyl groups is 1. The zero-order valence-electron chi connectivity index (χ0n) is 32.2. The van der Waals surface area contributed by atoms with Gasteiger partial charge in [0.1, 0.15) is 39.6 Å². The number of aliphatic hydroxyl groups is 4. The van der Waals surface area contributed by atoms with Gasteiger partial charge in [-0.15, -0.1) is 0 Å². The first-order valence-corrected chi connectivity index (χ1v) is 18.3. The number of halogens is 1. The Morgan fingerprint density at radius 2 is 1.69 bits per heavy atom. The lowest BCUT2D eigenvalue weighted by Crippen LogP contribution is -2.65. The Bertz CT molecular complexity index is 2450. The lowest BCUT2D eigenvalue weighted by Gasteiger charge is -2.52. The number of carboxylic acid groups (broad SMARTS) is 1. The van der Waals surface area contributed by atoms with Crippen molar-refractivity contribution in [3.63, 3.8) is 0 Å². The number of hydrogen-bond acceptors (Lipinski definition) is 15. The zero-order chi connectivity index (χ0) is 42.5. The Hall–Kier alpha value is -6.02. The molecule has 19 heteroatoms. The molecule has 0 radical (unpaired) electrons. The maximum Gasteiger partial charge on any atom is 0.341 e. The summed E-state index contributed by atoms with van der Waals surface area (Å²) in [4.78, 5) is 67.9. The third-order valence-electron chi connectivity index (χ3n) is 12.0. The minimum Gasteiger partial charge on any atom is -0.510 e. The number of aromatic carboxylic acids is 1. The topological polar surface area (TPSA) is 260 Å². The number of amides is 1. The van der Waals surface area contributed by atoms with Crippen molar-refractivity contribution in [3.8, 4) is 11.5 Å². The van der Waals surface area contributed by atoms with Crippen LogP contribution in [0.1, 0.15) is 39.6 Å². The van der Waals surface area contributed by atoms with E-state index in [1.807, 2.05) is 11.9 Å². The Labute approximate surface area is 329 Å². The van der Waals surface area contributed by atoms with Crippen molar-refractivity contribution in [1.29, 1.82) is 0 Å². The van der Waals surface area contributed by atoms with E-state index in [1.54, 1.807) is 16.7 Å². The quantitative estimate of drug-likeness (QED) is 0.175. The van der Waals surface area contributed by atoms with E-state index in [0.29, 0.717) is 24.3 Å². The van der Waals surface area contributed by atoms with Crippen LogP contribution in [0, 0.1) is 17.7 Å². The van der Waals surface area contributed by atoms with Crippen LogP contribution < -0.4 is 25.8 Å². The second-order valence-electron chi connectivity index (χ2n) is 15.6. The molecule has 2 aromatic carbocycles. The predicted molar refractivity (Wildman–Crippen MR) is 204 cm³/mol. The van der Waals surface area contributed by atoms with Crippen molar-refractivity contribution in [2.45, 2.75) is 30.6 Å². The molecule has 5 aliphatic rings. The number of Topliss-reactive ketones (excluding diaryl/α,β-unsaturated/α-hetero) is 2.